The van der Waals surface area contributed by atoms with Gasteiger partial charge in [-0.1, -0.05) is 12.1 Å². The first-order chi connectivity index (χ1) is 23.7. The lowest BCUT2D eigenvalue weighted by Crippen LogP contribution is -2.16. The van der Waals surface area contributed by atoms with Gasteiger partial charge in [0, 0.05) is 0 Å². The summed E-state index contributed by atoms with van der Waals surface area (Å²) in [6.07, 6.45) is 0. The number of nitrogen functional groups attached to an aromatic ring is 1. The Balaban J connectivity index is 1.62. The molecule has 16 heteroatoms. The monoisotopic (exact) mass is 695 g/mol. The van der Waals surface area contributed by atoms with Gasteiger partial charge in [0.05, 0.1) is 158 Å². The van der Waals surface area contributed by atoms with E-state index in [0.717, 1.165) is 0 Å². The summed E-state index contributed by atoms with van der Waals surface area (Å²) in [5.74, 6) is -0.335. The molecular weight excluding hydrogens is 638 g/mol. The summed E-state index contributed by atoms with van der Waals surface area (Å²) in [5.41, 5.74) is 6.43. The fraction of sp³-hybridized carbons (Fsp3) is 0.781. The van der Waals surface area contributed by atoms with E-state index in [9.17, 15) is 4.79 Å². The van der Waals surface area contributed by atoms with E-state index in [-0.39, 0.29) is 13.2 Å². The number of carboxylic acid groups (broad SMARTS) is 1. The lowest BCUT2D eigenvalue weighted by atomic mass is 10.3. The Bertz CT molecular complexity index is 823. The summed E-state index contributed by atoms with van der Waals surface area (Å²) >= 11 is 0. The van der Waals surface area contributed by atoms with Gasteiger partial charge in [-0.05, 0) is 12.1 Å². The highest BCUT2D eigenvalue weighted by Crippen LogP contribution is 2.19. The van der Waals surface area contributed by atoms with Crippen molar-refractivity contribution in [3.05, 3.63) is 24.3 Å². The molecule has 0 aromatic heterocycles. The maximum Gasteiger partial charge on any atom is 0.329 e. The van der Waals surface area contributed by atoms with E-state index in [0.29, 0.717) is 163 Å². The molecule has 0 aliphatic heterocycles. The number of carbonyl (C=O) groups is 1. The summed E-state index contributed by atoms with van der Waals surface area (Å²) in [5, 5.41) is 8.43. The van der Waals surface area contributed by atoms with Crippen LogP contribution in [-0.4, -0.2) is 176 Å². The van der Waals surface area contributed by atoms with Crippen LogP contribution in [-0.2, 0) is 61.6 Å². The van der Waals surface area contributed by atoms with Crippen molar-refractivity contribution in [1.82, 2.24) is 0 Å². The lowest BCUT2D eigenvalue weighted by Gasteiger charge is -2.10. The third-order valence-corrected chi connectivity index (χ3v) is 5.72. The van der Waals surface area contributed by atoms with Crippen molar-refractivity contribution in [2.75, 3.05) is 171 Å². The van der Waals surface area contributed by atoms with Crippen LogP contribution in [0.4, 0.5) is 5.69 Å². The van der Waals surface area contributed by atoms with Crippen LogP contribution in [0.15, 0.2) is 24.3 Å². The number of anilines is 1. The fourth-order valence-electron chi connectivity index (χ4n) is 3.40. The highest BCUT2D eigenvalue weighted by molar-refractivity contribution is 5.67. The summed E-state index contributed by atoms with van der Waals surface area (Å²) in [6, 6.07) is 7.36. The molecule has 1 aromatic carbocycles. The molecule has 0 bridgehead atoms. The van der Waals surface area contributed by atoms with Crippen molar-refractivity contribution in [3.63, 3.8) is 0 Å². The van der Waals surface area contributed by atoms with Gasteiger partial charge in [0.15, 0.2) is 0 Å². The van der Waals surface area contributed by atoms with Crippen LogP contribution in [0, 0.1) is 0 Å². The van der Waals surface area contributed by atoms with Crippen LogP contribution in [0.1, 0.15) is 0 Å². The molecule has 0 aliphatic carbocycles. The molecule has 0 saturated carbocycles. The first kappa shape index (κ1) is 43.8. The van der Waals surface area contributed by atoms with E-state index in [2.05, 4.69) is 0 Å². The summed E-state index contributed by atoms with van der Waals surface area (Å²) in [4.78, 5) is 10.3. The summed E-state index contributed by atoms with van der Waals surface area (Å²) < 4.78 is 70.2. The van der Waals surface area contributed by atoms with Crippen LogP contribution in [0.3, 0.4) is 0 Å². The molecule has 0 unspecified atom stereocenters. The number of carboxylic acids is 1. The minimum Gasteiger partial charge on any atom is -0.489 e. The van der Waals surface area contributed by atoms with Gasteiger partial charge >= 0.3 is 5.97 Å². The predicted octanol–water partition coefficient (Wildman–Crippen LogP) is 0.931. The summed E-state index contributed by atoms with van der Waals surface area (Å²) in [7, 11) is 0. The van der Waals surface area contributed by atoms with Gasteiger partial charge in [0.2, 0.25) is 0 Å². The fourth-order valence-corrected chi connectivity index (χ4v) is 3.40. The largest absolute Gasteiger partial charge is 0.489 e. The molecule has 0 spiro atoms. The first-order valence-electron chi connectivity index (χ1n) is 16.3. The standard InChI is InChI=1S/C32H57NO15/c33-30-3-1-2-4-31(30)48-28-27-46-24-23-44-20-19-42-16-15-40-12-11-38-8-7-36-5-6-37-9-10-39-13-14-41-17-18-43-21-22-45-25-26-47-29-32(34)35/h1-4H,5-29,33H2,(H,34,35). The molecule has 1 aromatic rings. The maximum atomic E-state index is 10.3. The second-order valence-electron chi connectivity index (χ2n) is 9.57. The Kier molecular flexibility index (Phi) is 33.0. The molecule has 1 rings (SSSR count). The summed E-state index contributed by atoms with van der Waals surface area (Å²) in [6.45, 7) is 10.7. The van der Waals surface area contributed by atoms with Crippen molar-refractivity contribution >= 4 is 11.7 Å². The molecule has 16 nitrogen and oxygen atoms in total. The molecule has 0 saturated heterocycles. The third-order valence-electron chi connectivity index (χ3n) is 5.72. The van der Waals surface area contributed by atoms with E-state index in [1.165, 1.54) is 0 Å². The quantitative estimate of drug-likeness (QED) is 0.0732. The normalized spacial score (nSPS) is 11.3. The number of nitrogens with two attached hydrogens (primary N) is 1. The zero-order valence-electron chi connectivity index (χ0n) is 28.2. The number of para-hydroxylation sites is 2. The molecular formula is C32H57NO15. The molecule has 0 aliphatic rings. The van der Waals surface area contributed by atoms with Crippen LogP contribution >= 0.6 is 0 Å². The SMILES string of the molecule is Nc1ccccc1OCCOCCOCCOCCOCCOCCOCCOCCOCCOCCOCCOCCOCC(=O)O. The van der Waals surface area contributed by atoms with Crippen molar-refractivity contribution in [3.8, 4) is 5.75 Å². The molecule has 0 atom stereocenters. The van der Waals surface area contributed by atoms with Crippen LogP contribution < -0.4 is 10.5 Å². The van der Waals surface area contributed by atoms with Gasteiger partial charge < -0.3 is 72.4 Å². The first-order valence-corrected chi connectivity index (χ1v) is 16.3. The lowest BCUT2D eigenvalue weighted by molar-refractivity contribution is -0.142. The van der Waals surface area contributed by atoms with Gasteiger partial charge in [0.25, 0.3) is 0 Å². The Morgan fingerprint density at radius 2 is 0.667 bits per heavy atom. The van der Waals surface area contributed by atoms with Gasteiger partial charge in [-0.3, -0.25) is 0 Å². The Labute approximate surface area is 284 Å². The minimum absolute atomic E-state index is 0.239. The molecule has 0 fully saturated rings. The van der Waals surface area contributed by atoms with E-state index < -0.39 is 5.97 Å². The molecule has 0 amide bonds. The Morgan fingerprint density at radius 3 is 0.938 bits per heavy atom. The zero-order valence-corrected chi connectivity index (χ0v) is 28.2. The average Bonchev–Trinajstić information content (AvgIpc) is 3.08. The minimum atomic E-state index is -0.998. The molecule has 0 radical (unpaired) electrons. The number of aliphatic carboxylic acids is 1. The van der Waals surface area contributed by atoms with Crippen LogP contribution in [0.25, 0.3) is 0 Å². The average molecular weight is 696 g/mol. The van der Waals surface area contributed by atoms with Crippen LogP contribution in [0.2, 0.25) is 0 Å². The number of benzene rings is 1. The number of ether oxygens (including phenoxy) is 13. The Hall–Kier alpha value is -2.19. The third kappa shape index (κ3) is 32.4. The van der Waals surface area contributed by atoms with Gasteiger partial charge in [0.1, 0.15) is 19.0 Å². The number of rotatable bonds is 39. The predicted molar refractivity (Wildman–Crippen MR) is 174 cm³/mol. The molecule has 48 heavy (non-hydrogen) atoms. The van der Waals surface area contributed by atoms with E-state index in [1.807, 2.05) is 18.2 Å². The van der Waals surface area contributed by atoms with Gasteiger partial charge in [-0.15, -0.1) is 0 Å². The van der Waals surface area contributed by atoms with Crippen molar-refractivity contribution in [2.45, 2.75) is 0 Å². The zero-order chi connectivity index (χ0) is 34.4. The topological polar surface area (TPSA) is 183 Å². The highest BCUT2D eigenvalue weighted by Gasteiger charge is 2.00. The van der Waals surface area contributed by atoms with Gasteiger partial charge in [-0.2, -0.15) is 0 Å². The second kappa shape index (κ2) is 36.1. The van der Waals surface area contributed by atoms with Crippen molar-refractivity contribution in [2.24, 2.45) is 0 Å². The second-order valence-corrected chi connectivity index (χ2v) is 9.57. The molecule has 280 valence electrons. The van der Waals surface area contributed by atoms with Gasteiger partial charge in [-0.25, -0.2) is 4.79 Å². The maximum absolute atomic E-state index is 10.3. The highest BCUT2D eigenvalue weighted by atomic mass is 16.6. The van der Waals surface area contributed by atoms with E-state index >= 15 is 0 Å². The molecule has 3 N–H and O–H groups in total. The smallest absolute Gasteiger partial charge is 0.329 e. The molecule has 0 heterocycles. The Morgan fingerprint density at radius 1 is 0.417 bits per heavy atom. The van der Waals surface area contributed by atoms with E-state index in [1.54, 1.807) is 6.07 Å². The van der Waals surface area contributed by atoms with Crippen molar-refractivity contribution < 1.29 is 71.5 Å². The van der Waals surface area contributed by atoms with E-state index in [4.69, 9.17) is 72.4 Å². The van der Waals surface area contributed by atoms with Crippen molar-refractivity contribution in [1.29, 1.82) is 0 Å². The number of hydrogen-bond acceptors (Lipinski definition) is 15. The number of hydrogen-bond donors (Lipinski definition) is 2. The van der Waals surface area contributed by atoms with Crippen LogP contribution in [0.5, 0.6) is 5.75 Å².